The van der Waals surface area contributed by atoms with Crippen molar-refractivity contribution in [3.05, 3.63) is 45.4 Å². The molecule has 0 radical (unpaired) electrons. The van der Waals surface area contributed by atoms with Crippen molar-refractivity contribution in [3.8, 4) is 11.6 Å². The Morgan fingerprint density at radius 1 is 1.37 bits per heavy atom. The Morgan fingerprint density at radius 3 is 2.68 bits per heavy atom. The van der Waals surface area contributed by atoms with Crippen molar-refractivity contribution < 1.29 is 14.1 Å². The lowest BCUT2D eigenvalue weighted by atomic mass is 10.3. The number of nitrogens with zero attached hydrogens (tertiary/aromatic N) is 3. The van der Waals surface area contributed by atoms with E-state index in [0.717, 1.165) is 12.1 Å². The monoisotopic (exact) mass is 284 g/mol. The van der Waals surface area contributed by atoms with Crippen molar-refractivity contribution in [2.75, 3.05) is 5.73 Å². The largest absolute Gasteiger partial charge is 0.439 e. The third-order valence-corrected chi connectivity index (χ3v) is 2.22. The zero-order valence-electron chi connectivity index (χ0n) is 9.21. The van der Waals surface area contributed by atoms with Crippen LogP contribution in [0.3, 0.4) is 0 Å². The van der Waals surface area contributed by atoms with E-state index in [1.165, 1.54) is 12.1 Å². The zero-order chi connectivity index (χ0) is 14.0. The molecule has 0 atom stereocenters. The van der Waals surface area contributed by atoms with Crippen molar-refractivity contribution in [1.29, 1.82) is 0 Å². The van der Waals surface area contributed by atoms with Gasteiger partial charge in [-0.25, -0.2) is 4.98 Å². The first kappa shape index (κ1) is 13.0. The lowest BCUT2D eigenvalue weighted by Gasteiger charge is -2.05. The summed E-state index contributed by atoms with van der Waals surface area (Å²) < 4.78 is 18.5. The molecule has 1 aromatic heterocycles. The summed E-state index contributed by atoms with van der Waals surface area (Å²) >= 11 is 5.64. The van der Waals surface area contributed by atoms with Crippen molar-refractivity contribution in [2.24, 2.45) is 0 Å². The number of rotatable bonds is 3. The number of aromatic nitrogens is 2. The molecule has 0 aliphatic carbocycles. The van der Waals surface area contributed by atoms with Crippen LogP contribution in [0.2, 0.25) is 5.15 Å². The zero-order valence-corrected chi connectivity index (χ0v) is 9.96. The molecule has 1 heterocycles. The van der Waals surface area contributed by atoms with Gasteiger partial charge in [-0.1, -0.05) is 11.6 Å². The minimum absolute atomic E-state index is 0.00533. The summed E-state index contributed by atoms with van der Waals surface area (Å²) in [4.78, 5) is 17.0. The Hall–Kier alpha value is -2.48. The summed E-state index contributed by atoms with van der Waals surface area (Å²) in [5.74, 6) is -1.09. The number of nitrogens with two attached hydrogens (primary N) is 1. The maximum absolute atomic E-state index is 13.4. The molecule has 7 nitrogen and oxygen atoms in total. The molecule has 2 N–H and O–H groups in total. The van der Waals surface area contributed by atoms with Crippen LogP contribution < -0.4 is 10.5 Å². The number of hydrogen-bond donors (Lipinski definition) is 1. The first-order valence-electron chi connectivity index (χ1n) is 4.87. The number of benzene rings is 1. The Morgan fingerprint density at radius 2 is 2.11 bits per heavy atom. The topological polar surface area (TPSA) is 104 Å². The average Bonchev–Trinajstić information content (AvgIpc) is 2.26. The van der Waals surface area contributed by atoms with E-state index in [1.54, 1.807) is 0 Å². The second-order valence-electron chi connectivity index (χ2n) is 3.36. The highest BCUT2D eigenvalue weighted by Crippen LogP contribution is 2.26. The summed E-state index contributed by atoms with van der Waals surface area (Å²) in [5, 5.41) is 10.5. The van der Waals surface area contributed by atoms with Gasteiger partial charge in [0.05, 0.1) is 4.92 Å². The quantitative estimate of drug-likeness (QED) is 0.527. The van der Waals surface area contributed by atoms with E-state index in [1.807, 2.05) is 0 Å². The fraction of sp³-hybridized carbons (Fsp3) is 0. The number of hydrogen-bond acceptors (Lipinski definition) is 6. The highest BCUT2D eigenvalue weighted by Gasteiger charge is 2.15. The van der Waals surface area contributed by atoms with Crippen molar-refractivity contribution >= 4 is 23.2 Å². The molecule has 0 saturated carbocycles. The molecule has 0 fully saturated rings. The minimum atomic E-state index is -1.02. The van der Waals surface area contributed by atoms with Crippen molar-refractivity contribution in [3.63, 3.8) is 0 Å². The van der Waals surface area contributed by atoms with Crippen LogP contribution in [-0.4, -0.2) is 14.9 Å². The maximum Gasteiger partial charge on any atom is 0.305 e. The van der Waals surface area contributed by atoms with Crippen LogP contribution in [0.5, 0.6) is 11.6 Å². The second kappa shape index (κ2) is 5.02. The predicted molar refractivity (Wildman–Crippen MR) is 64.6 cm³/mol. The third kappa shape index (κ3) is 3.05. The fourth-order valence-electron chi connectivity index (χ4n) is 1.29. The summed E-state index contributed by atoms with van der Waals surface area (Å²) in [6.07, 6.45) is 0. The number of nitro groups is 1. The van der Waals surface area contributed by atoms with Gasteiger partial charge in [-0.3, -0.25) is 10.1 Å². The van der Waals surface area contributed by atoms with Crippen LogP contribution >= 0.6 is 11.6 Å². The van der Waals surface area contributed by atoms with Crippen LogP contribution in [0.4, 0.5) is 16.0 Å². The van der Waals surface area contributed by atoms with Crippen LogP contribution in [0.15, 0.2) is 24.3 Å². The van der Waals surface area contributed by atoms with Gasteiger partial charge in [0.1, 0.15) is 10.9 Å². The van der Waals surface area contributed by atoms with Gasteiger partial charge in [-0.2, -0.15) is 9.37 Å². The van der Waals surface area contributed by atoms with Crippen LogP contribution in [0.25, 0.3) is 0 Å². The average molecular weight is 285 g/mol. The SMILES string of the molecule is Nc1nc(Cl)cc(Oc2ccc([N+](=O)[O-])c(F)c2)n1. The van der Waals surface area contributed by atoms with Gasteiger partial charge < -0.3 is 10.5 Å². The minimum Gasteiger partial charge on any atom is -0.439 e. The summed E-state index contributed by atoms with van der Waals surface area (Å²) in [7, 11) is 0. The Labute approximate surface area is 111 Å². The van der Waals surface area contributed by atoms with Gasteiger partial charge in [0, 0.05) is 18.2 Å². The van der Waals surface area contributed by atoms with Gasteiger partial charge in [0.15, 0.2) is 0 Å². The van der Waals surface area contributed by atoms with E-state index in [0.29, 0.717) is 0 Å². The molecule has 9 heteroatoms. The Bertz CT molecular complexity index is 632. The van der Waals surface area contributed by atoms with Gasteiger partial charge in [0.2, 0.25) is 17.6 Å². The number of anilines is 1. The number of ether oxygens (including phenoxy) is 1. The smallest absolute Gasteiger partial charge is 0.305 e. The second-order valence-corrected chi connectivity index (χ2v) is 3.75. The van der Waals surface area contributed by atoms with Crippen LogP contribution in [0.1, 0.15) is 0 Å². The number of halogens is 2. The van der Waals surface area contributed by atoms with Crippen LogP contribution in [-0.2, 0) is 0 Å². The third-order valence-electron chi connectivity index (χ3n) is 2.03. The van der Waals surface area contributed by atoms with E-state index in [9.17, 15) is 14.5 Å². The molecular formula is C10H6ClFN4O3. The summed E-state index contributed by atoms with van der Waals surface area (Å²) in [6.45, 7) is 0. The van der Waals surface area contributed by atoms with E-state index < -0.39 is 16.4 Å². The normalized spacial score (nSPS) is 10.2. The van der Waals surface area contributed by atoms with Crippen LogP contribution in [0, 0.1) is 15.9 Å². The van der Waals surface area contributed by atoms with E-state index in [4.69, 9.17) is 22.1 Å². The standard InChI is InChI=1S/C10H6ClFN4O3/c11-8-4-9(15-10(13)14-8)19-5-1-2-7(16(17)18)6(12)3-5/h1-4H,(H2,13,14,15). The van der Waals surface area contributed by atoms with Gasteiger partial charge in [-0.15, -0.1) is 0 Å². The molecule has 0 bridgehead atoms. The molecule has 98 valence electrons. The summed E-state index contributed by atoms with van der Waals surface area (Å²) in [6, 6.07) is 4.35. The highest BCUT2D eigenvalue weighted by molar-refractivity contribution is 6.29. The molecule has 2 rings (SSSR count). The molecule has 19 heavy (non-hydrogen) atoms. The molecule has 0 unspecified atom stereocenters. The Balaban J connectivity index is 2.28. The number of nitro benzene ring substituents is 1. The van der Waals surface area contributed by atoms with E-state index >= 15 is 0 Å². The fourth-order valence-corrected chi connectivity index (χ4v) is 1.47. The van der Waals surface area contributed by atoms with Crippen molar-refractivity contribution in [1.82, 2.24) is 9.97 Å². The molecule has 0 amide bonds. The molecule has 0 aliphatic heterocycles. The van der Waals surface area contributed by atoms with Gasteiger partial charge in [-0.05, 0) is 6.07 Å². The van der Waals surface area contributed by atoms with Crippen molar-refractivity contribution in [2.45, 2.75) is 0 Å². The molecule has 1 aromatic carbocycles. The van der Waals surface area contributed by atoms with E-state index in [2.05, 4.69) is 9.97 Å². The highest BCUT2D eigenvalue weighted by atomic mass is 35.5. The lowest BCUT2D eigenvalue weighted by Crippen LogP contribution is -1.98. The molecular weight excluding hydrogens is 279 g/mol. The number of nitrogen functional groups attached to an aromatic ring is 1. The molecule has 2 aromatic rings. The van der Waals surface area contributed by atoms with Gasteiger partial charge >= 0.3 is 5.69 Å². The van der Waals surface area contributed by atoms with E-state index in [-0.39, 0.29) is 22.7 Å². The molecule has 0 aliphatic rings. The molecule has 0 saturated heterocycles. The molecule has 0 spiro atoms. The lowest BCUT2D eigenvalue weighted by molar-refractivity contribution is -0.387. The summed E-state index contributed by atoms with van der Waals surface area (Å²) in [5.41, 5.74) is 4.71. The predicted octanol–water partition coefficient (Wildman–Crippen LogP) is 2.55. The maximum atomic E-state index is 13.4. The van der Waals surface area contributed by atoms with Gasteiger partial charge in [0.25, 0.3) is 0 Å². The first-order valence-corrected chi connectivity index (χ1v) is 5.25. The Kier molecular flexibility index (Phi) is 3.43. The first-order chi connectivity index (χ1) is 8.95.